The van der Waals surface area contributed by atoms with Crippen molar-refractivity contribution in [3.05, 3.63) is 26.6 Å². The Bertz CT molecular complexity index is 793. The molecular formula is C16H22N4O2S. The van der Waals surface area contributed by atoms with Crippen LogP contribution < -0.4 is 10.9 Å². The highest BCUT2D eigenvalue weighted by atomic mass is 32.1. The number of carbonyl (C=O) groups is 1. The zero-order valence-corrected chi connectivity index (χ0v) is 14.5. The first-order chi connectivity index (χ1) is 10.9. The van der Waals surface area contributed by atoms with Crippen LogP contribution in [0.5, 0.6) is 0 Å². The standard InChI is InChI=1S/C16H22N4O2S/c1-9(2)17-13(21)8-20(3)7-12-18-15(22)14-10-5-4-6-11(10)23-16(14)19-12/h9H,4-8H2,1-3H3,(H,17,21)(H,18,19,22). The average Bonchev–Trinajstić information content (AvgIpc) is 2.96. The van der Waals surface area contributed by atoms with Crippen LogP contribution >= 0.6 is 11.3 Å². The number of rotatable bonds is 5. The van der Waals surface area contributed by atoms with Crippen LogP contribution in [-0.2, 0) is 24.2 Å². The molecule has 124 valence electrons. The molecule has 0 bridgehead atoms. The van der Waals surface area contributed by atoms with E-state index in [9.17, 15) is 9.59 Å². The van der Waals surface area contributed by atoms with Gasteiger partial charge in [0.25, 0.3) is 5.56 Å². The lowest BCUT2D eigenvalue weighted by atomic mass is 10.2. The number of nitrogens with zero attached hydrogens (tertiary/aromatic N) is 2. The summed E-state index contributed by atoms with van der Waals surface area (Å²) < 4.78 is 0. The number of likely N-dealkylation sites (N-methyl/N-ethyl adjacent to an activating group) is 1. The zero-order chi connectivity index (χ0) is 16.6. The van der Waals surface area contributed by atoms with E-state index in [1.54, 1.807) is 11.3 Å². The van der Waals surface area contributed by atoms with E-state index < -0.39 is 0 Å². The van der Waals surface area contributed by atoms with Crippen LogP contribution in [0.25, 0.3) is 10.2 Å². The van der Waals surface area contributed by atoms with Gasteiger partial charge in [-0.25, -0.2) is 4.98 Å². The monoisotopic (exact) mass is 334 g/mol. The van der Waals surface area contributed by atoms with Crippen molar-refractivity contribution < 1.29 is 4.79 Å². The third-order valence-electron chi connectivity index (χ3n) is 3.91. The van der Waals surface area contributed by atoms with Crippen LogP contribution in [0.4, 0.5) is 0 Å². The normalized spacial score (nSPS) is 14.0. The number of nitrogens with one attached hydrogen (secondary N) is 2. The number of thiophene rings is 1. The Balaban J connectivity index is 1.76. The fraction of sp³-hybridized carbons (Fsp3) is 0.562. The van der Waals surface area contributed by atoms with E-state index in [2.05, 4.69) is 15.3 Å². The molecule has 1 amide bonds. The summed E-state index contributed by atoms with van der Waals surface area (Å²) in [5.74, 6) is 0.586. The highest BCUT2D eigenvalue weighted by molar-refractivity contribution is 7.18. The SMILES string of the molecule is CC(C)NC(=O)CN(C)Cc1nc2sc3c(c2c(=O)[nH]1)CCC3. The van der Waals surface area contributed by atoms with Gasteiger partial charge < -0.3 is 10.3 Å². The quantitative estimate of drug-likeness (QED) is 0.867. The molecule has 0 atom stereocenters. The van der Waals surface area contributed by atoms with Crippen molar-refractivity contribution in [1.29, 1.82) is 0 Å². The van der Waals surface area contributed by atoms with E-state index in [0.717, 1.165) is 29.5 Å². The molecule has 0 saturated carbocycles. The van der Waals surface area contributed by atoms with Crippen LogP contribution in [0.1, 0.15) is 36.5 Å². The van der Waals surface area contributed by atoms with E-state index in [0.29, 0.717) is 12.4 Å². The number of hydrogen-bond donors (Lipinski definition) is 2. The maximum atomic E-state index is 12.4. The average molecular weight is 334 g/mol. The number of aromatic amines is 1. The second-order valence-corrected chi connectivity index (χ2v) is 7.53. The van der Waals surface area contributed by atoms with Gasteiger partial charge in [-0.2, -0.15) is 0 Å². The van der Waals surface area contributed by atoms with Gasteiger partial charge in [0.2, 0.25) is 5.91 Å². The molecule has 0 radical (unpaired) electrons. The molecule has 2 heterocycles. The minimum Gasteiger partial charge on any atom is -0.353 e. The minimum atomic E-state index is -0.0515. The van der Waals surface area contributed by atoms with Crippen molar-refractivity contribution in [2.45, 2.75) is 45.7 Å². The lowest BCUT2D eigenvalue weighted by molar-refractivity contribution is -0.122. The molecule has 2 aromatic heterocycles. The second kappa shape index (κ2) is 6.41. The molecule has 3 rings (SSSR count). The van der Waals surface area contributed by atoms with Crippen LogP contribution in [0.15, 0.2) is 4.79 Å². The van der Waals surface area contributed by atoms with E-state index in [1.807, 2.05) is 25.8 Å². The Morgan fingerprint density at radius 2 is 2.22 bits per heavy atom. The lowest BCUT2D eigenvalue weighted by Crippen LogP contribution is -2.38. The smallest absolute Gasteiger partial charge is 0.259 e. The van der Waals surface area contributed by atoms with Crippen LogP contribution in [-0.4, -0.2) is 40.4 Å². The summed E-state index contributed by atoms with van der Waals surface area (Å²) in [6.45, 7) is 4.59. The van der Waals surface area contributed by atoms with Gasteiger partial charge in [-0.1, -0.05) is 0 Å². The number of hydrogen-bond acceptors (Lipinski definition) is 5. The van der Waals surface area contributed by atoms with Crippen molar-refractivity contribution in [1.82, 2.24) is 20.2 Å². The van der Waals surface area contributed by atoms with Crippen molar-refractivity contribution in [2.24, 2.45) is 0 Å². The first kappa shape index (κ1) is 16.1. The molecule has 0 unspecified atom stereocenters. The predicted molar refractivity (Wildman–Crippen MR) is 91.9 cm³/mol. The van der Waals surface area contributed by atoms with Gasteiger partial charge in [-0.05, 0) is 45.7 Å². The zero-order valence-electron chi connectivity index (χ0n) is 13.7. The van der Waals surface area contributed by atoms with Crippen molar-refractivity contribution in [3.8, 4) is 0 Å². The Hall–Kier alpha value is -1.73. The van der Waals surface area contributed by atoms with Gasteiger partial charge in [0.1, 0.15) is 10.7 Å². The number of aryl methyl sites for hydroxylation is 2. The molecule has 0 aliphatic heterocycles. The highest BCUT2D eigenvalue weighted by Gasteiger charge is 2.21. The van der Waals surface area contributed by atoms with Gasteiger partial charge in [0.15, 0.2) is 0 Å². The number of aromatic nitrogens is 2. The molecule has 0 spiro atoms. The third-order valence-corrected chi connectivity index (χ3v) is 5.09. The second-order valence-electron chi connectivity index (χ2n) is 6.44. The molecule has 1 aliphatic rings. The summed E-state index contributed by atoms with van der Waals surface area (Å²) in [5, 5.41) is 3.63. The Morgan fingerprint density at radius 1 is 1.43 bits per heavy atom. The van der Waals surface area contributed by atoms with Crippen LogP contribution in [0, 0.1) is 0 Å². The molecule has 2 N–H and O–H groups in total. The first-order valence-electron chi connectivity index (χ1n) is 7.95. The van der Waals surface area contributed by atoms with Crippen molar-refractivity contribution in [2.75, 3.05) is 13.6 Å². The third kappa shape index (κ3) is 3.45. The van der Waals surface area contributed by atoms with Crippen molar-refractivity contribution >= 4 is 27.5 Å². The molecule has 6 nitrogen and oxygen atoms in total. The molecular weight excluding hydrogens is 312 g/mol. The Labute approximate surface area is 138 Å². The molecule has 2 aromatic rings. The van der Waals surface area contributed by atoms with Gasteiger partial charge in [-0.3, -0.25) is 14.5 Å². The molecule has 0 saturated heterocycles. The fourth-order valence-electron chi connectivity index (χ4n) is 3.05. The van der Waals surface area contributed by atoms with Crippen LogP contribution in [0.3, 0.4) is 0 Å². The van der Waals surface area contributed by atoms with Crippen LogP contribution in [0.2, 0.25) is 0 Å². The minimum absolute atomic E-state index is 0.0268. The number of amides is 1. The fourth-order valence-corrected chi connectivity index (χ4v) is 4.33. The topological polar surface area (TPSA) is 78.1 Å². The molecule has 0 aromatic carbocycles. The van der Waals surface area contributed by atoms with Gasteiger partial charge >= 0.3 is 0 Å². The molecule has 7 heteroatoms. The number of fused-ring (bicyclic) bond motifs is 3. The summed E-state index contributed by atoms with van der Waals surface area (Å²) in [6.07, 6.45) is 3.17. The van der Waals surface area contributed by atoms with E-state index in [-0.39, 0.29) is 24.1 Å². The lowest BCUT2D eigenvalue weighted by Gasteiger charge is -2.16. The van der Waals surface area contributed by atoms with Gasteiger partial charge in [0, 0.05) is 10.9 Å². The molecule has 23 heavy (non-hydrogen) atoms. The summed E-state index contributed by atoms with van der Waals surface area (Å²) in [7, 11) is 1.85. The van der Waals surface area contributed by atoms with E-state index in [4.69, 9.17) is 0 Å². The van der Waals surface area contributed by atoms with Gasteiger partial charge in [0.05, 0.1) is 18.5 Å². The maximum absolute atomic E-state index is 12.4. The summed E-state index contributed by atoms with van der Waals surface area (Å²) in [4.78, 5) is 35.6. The summed E-state index contributed by atoms with van der Waals surface area (Å²) in [5.41, 5.74) is 1.14. The van der Waals surface area contributed by atoms with E-state index >= 15 is 0 Å². The summed E-state index contributed by atoms with van der Waals surface area (Å²) >= 11 is 1.64. The molecule has 0 fully saturated rings. The van der Waals surface area contributed by atoms with Gasteiger partial charge in [-0.15, -0.1) is 11.3 Å². The first-order valence-corrected chi connectivity index (χ1v) is 8.77. The summed E-state index contributed by atoms with van der Waals surface area (Å²) in [6, 6.07) is 0.124. The Morgan fingerprint density at radius 3 is 2.96 bits per heavy atom. The number of carbonyl (C=O) groups excluding carboxylic acids is 1. The van der Waals surface area contributed by atoms with E-state index in [1.165, 1.54) is 10.4 Å². The van der Waals surface area contributed by atoms with Crippen molar-refractivity contribution in [3.63, 3.8) is 0 Å². The Kier molecular flexibility index (Phi) is 4.50. The highest BCUT2D eigenvalue weighted by Crippen LogP contribution is 2.34. The number of H-pyrrole nitrogens is 1. The largest absolute Gasteiger partial charge is 0.353 e. The molecule has 1 aliphatic carbocycles. The predicted octanol–water partition coefficient (Wildman–Crippen LogP) is 1.43. The maximum Gasteiger partial charge on any atom is 0.259 e.